The van der Waals surface area contributed by atoms with E-state index in [-0.39, 0.29) is 5.91 Å². The summed E-state index contributed by atoms with van der Waals surface area (Å²) < 4.78 is 7.39. The van der Waals surface area contributed by atoms with Gasteiger partial charge in [-0.3, -0.25) is 9.69 Å². The molecule has 3 aromatic rings. The van der Waals surface area contributed by atoms with Crippen molar-refractivity contribution in [2.75, 3.05) is 37.0 Å². The minimum absolute atomic E-state index is 0.241. The summed E-state index contributed by atoms with van der Waals surface area (Å²) in [5.74, 6) is 2.54. The van der Waals surface area contributed by atoms with Crippen LogP contribution >= 0.6 is 23.4 Å². The highest BCUT2D eigenvalue weighted by atomic mass is 35.5. The third-order valence-corrected chi connectivity index (χ3v) is 6.40. The second-order valence-corrected chi connectivity index (χ2v) is 8.73. The van der Waals surface area contributed by atoms with Crippen molar-refractivity contribution in [3.63, 3.8) is 0 Å². The zero-order valence-corrected chi connectivity index (χ0v) is 18.4. The standard InChI is InChI=1S/C23H24ClN3O2S/c1-29-22-15-21(27-8-4-5-9-27)19(24)14-18(22)23(28)25-20-7-3-2-6-17(20)16-26-10-12-30-13-11-26/h2-9,14-15H,10-13,16H2,1H3,(H,25,28). The van der Waals surface area contributed by atoms with Crippen LogP contribution in [0, 0.1) is 0 Å². The largest absolute Gasteiger partial charge is 0.496 e. The number of nitrogens with one attached hydrogen (secondary N) is 1. The number of benzene rings is 2. The van der Waals surface area contributed by atoms with E-state index in [1.165, 1.54) is 0 Å². The molecule has 0 aliphatic carbocycles. The number of thioether (sulfide) groups is 1. The lowest BCUT2D eigenvalue weighted by atomic mass is 10.1. The van der Waals surface area contributed by atoms with Crippen molar-refractivity contribution in [3.8, 4) is 11.4 Å². The lowest BCUT2D eigenvalue weighted by molar-refractivity contribution is 0.102. The lowest BCUT2D eigenvalue weighted by Crippen LogP contribution is -2.32. The highest BCUT2D eigenvalue weighted by Gasteiger charge is 2.19. The van der Waals surface area contributed by atoms with Crippen molar-refractivity contribution in [1.29, 1.82) is 0 Å². The molecule has 1 aliphatic heterocycles. The van der Waals surface area contributed by atoms with E-state index in [0.717, 1.165) is 48.1 Å². The molecular formula is C23H24ClN3O2S. The van der Waals surface area contributed by atoms with Gasteiger partial charge in [0.05, 0.1) is 23.4 Å². The normalized spacial score (nSPS) is 14.5. The molecule has 1 amide bonds. The number of hydrogen-bond acceptors (Lipinski definition) is 4. The average molecular weight is 442 g/mol. The van der Waals surface area contributed by atoms with Crippen molar-refractivity contribution in [1.82, 2.24) is 9.47 Å². The summed E-state index contributed by atoms with van der Waals surface area (Å²) in [4.78, 5) is 15.5. The first-order valence-corrected chi connectivity index (χ1v) is 11.4. The van der Waals surface area contributed by atoms with Gasteiger partial charge in [-0.25, -0.2) is 0 Å². The molecular weight excluding hydrogens is 418 g/mol. The summed E-state index contributed by atoms with van der Waals surface area (Å²) in [7, 11) is 1.56. The highest BCUT2D eigenvalue weighted by Crippen LogP contribution is 2.31. The minimum Gasteiger partial charge on any atom is -0.496 e. The van der Waals surface area contributed by atoms with Gasteiger partial charge in [-0.2, -0.15) is 11.8 Å². The van der Waals surface area contributed by atoms with Crippen molar-refractivity contribution in [2.24, 2.45) is 0 Å². The Morgan fingerprint density at radius 2 is 1.87 bits per heavy atom. The van der Waals surface area contributed by atoms with Crippen LogP contribution in [0.4, 0.5) is 5.69 Å². The Morgan fingerprint density at radius 1 is 1.13 bits per heavy atom. The van der Waals surface area contributed by atoms with Gasteiger partial charge in [-0.05, 0) is 29.8 Å². The molecule has 0 radical (unpaired) electrons. The third-order valence-electron chi connectivity index (χ3n) is 5.16. The number of carbonyl (C=O) groups excluding carboxylic acids is 1. The first kappa shape index (κ1) is 20.8. The molecule has 1 N–H and O–H groups in total. The Balaban J connectivity index is 1.58. The van der Waals surface area contributed by atoms with Crippen LogP contribution in [0.15, 0.2) is 60.9 Å². The van der Waals surface area contributed by atoms with Crippen LogP contribution in [-0.2, 0) is 6.54 Å². The Kier molecular flexibility index (Phi) is 6.67. The number of hydrogen-bond donors (Lipinski definition) is 1. The van der Waals surface area contributed by atoms with Crippen molar-refractivity contribution < 1.29 is 9.53 Å². The fourth-order valence-corrected chi connectivity index (χ4v) is 4.79. The Morgan fingerprint density at radius 3 is 2.60 bits per heavy atom. The average Bonchev–Trinajstić information content (AvgIpc) is 3.30. The van der Waals surface area contributed by atoms with Crippen LogP contribution < -0.4 is 10.1 Å². The van der Waals surface area contributed by atoms with Gasteiger partial charge < -0.3 is 14.6 Å². The molecule has 0 bridgehead atoms. The van der Waals surface area contributed by atoms with E-state index in [4.69, 9.17) is 16.3 Å². The second kappa shape index (κ2) is 9.60. The quantitative estimate of drug-likeness (QED) is 0.588. The number of halogens is 1. The fourth-order valence-electron chi connectivity index (χ4n) is 3.55. The molecule has 0 spiro atoms. The first-order valence-electron chi connectivity index (χ1n) is 9.86. The summed E-state index contributed by atoms with van der Waals surface area (Å²) >= 11 is 8.48. The van der Waals surface area contributed by atoms with E-state index < -0.39 is 0 Å². The lowest BCUT2D eigenvalue weighted by Gasteiger charge is -2.27. The molecule has 2 aromatic carbocycles. The Bertz CT molecular complexity index is 1020. The van der Waals surface area contributed by atoms with Crippen LogP contribution in [0.1, 0.15) is 15.9 Å². The molecule has 0 saturated carbocycles. The number of methoxy groups -OCH3 is 1. The summed E-state index contributed by atoms with van der Waals surface area (Å²) in [6.07, 6.45) is 3.80. The number of rotatable bonds is 6. The van der Waals surface area contributed by atoms with E-state index in [1.807, 2.05) is 59.1 Å². The van der Waals surface area contributed by atoms with Gasteiger partial charge in [0.2, 0.25) is 0 Å². The molecule has 1 saturated heterocycles. The smallest absolute Gasteiger partial charge is 0.259 e. The molecule has 4 rings (SSSR count). The second-order valence-electron chi connectivity index (χ2n) is 7.09. The molecule has 156 valence electrons. The van der Waals surface area contributed by atoms with E-state index >= 15 is 0 Å². The van der Waals surface area contributed by atoms with Gasteiger partial charge >= 0.3 is 0 Å². The maximum Gasteiger partial charge on any atom is 0.259 e. The first-order chi connectivity index (χ1) is 14.7. The Labute approximate surface area is 186 Å². The van der Waals surface area contributed by atoms with E-state index in [1.54, 1.807) is 19.2 Å². The number of aromatic nitrogens is 1. The molecule has 1 aliphatic rings. The molecule has 1 fully saturated rings. The van der Waals surface area contributed by atoms with Crippen LogP contribution in [0.3, 0.4) is 0 Å². The summed E-state index contributed by atoms with van der Waals surface area (Å²) in [6, 6.07) is 15.2. The van der Waals surface area contributed by atoms with Gasteiger partial charge in [0.1, 0.15) is 5.75 Å². The van der Waals surface area contributed by atoms with Gasteiger partial charge in [0, 0.05) is 55.3 Å². The number of anilines is 1. The fraction of sp³-hybridized carbons (Fsp3) is 0.261. The van der Waals surface area contributed by atoms with Crippen LogP contribution in [-0.4, -0.2) is 47.1 Å². The summed E-state index contributed by atoms with van der Waals surface area (Å²) in [6.45, 7) is 2.95. The van der Waals surface area contributed by atoms with E-state index in [0.29, 0.717) is 16.3 Å². The zero-order valence-electron chi connectivity index (χ0n) is 16.8. The molecule has 1 aromatic heterocycles. The van der Waals surface area contributed by atoms with Gasteiger partial charge in [0.25, 0.3) is 5.91 Å². The van der Waals surface area contributed by atoms with Crippen LogP contribution in [0.25, 0.3) is 5.69 Å². The molecule has 5 nitrogen and oxygen atoms in total. The predicted octanol–water partition coefficient (Wildman–Crippen LogP) is 4.94. The van der Waals surface area contributed by atoms with Gasteiger partial charge in [-0.15, -0.1) is 0 Å². The van der Waals surface area contributed by atoms with Gasteiger partial charge in [-0.1, -0.05) is 29.8 Å². The van der Waals surface area contributed by atoms with Crippen molar-refractivity contribution in [3.05, 3.63) is 77.1 Å². The van der Waals surface area contributed by atoms with Crippen molar-refractivity contribution in [2.45, 2.75) is 6.54 Å². The molecule has 0 unspecified atom stereocenters. The maximum atomic E-state index is 13.1. The van der Waals surface area contributed by atoms with E-state index in [9.17, 15) is 4.79 Å². The Hall–Kier alpha value is -2.41. The van der Waals surface area contributed by atoms with Crippen LogP contribution in [0.5, 0.6) is 5.75 Å². The van der Waals surface area contributed by atoms with Crippen LogP contribution in [0.2, 0.25) is 5.02 Å². The topological polar surface area (TPSA) is 46.5 Å². The SMILES string of the molecule is COc1cc(-n2cccc2)c(Cl)cc1C(=O)Nc1ccccc1CN1CCSCC1. The summed E-state index contributed by atoms with van der Waals surface area (Å²) in [5.41, 5.74) is 3.08. The molecule has 0 atom stereocenters. The molecule has 2 heterocycles. The monoisotopic (exact) mass is 441 g/mol. The number of para-hydroxylation sites is 1. The minimum atomic E-state index is -0.241. The molecule has 30 heavy (non-hydrogen) atoms. The predicted molar refractivity (Wildman–Crippen MR) is 124 cm³/mol. The number of carbonyl (C=O) groups is 1. The number of nitrogens with zero attached hydrogens (tertiary/aromatic N) is 2. The maximum absolute atomic E-state index is 13.1. The van der Waals surface area contributed by atoms with Gasteiger partial charge in [0.15, 0.2) is 0 Å². The third kappa shape index (κ3) is 4.67. The summed E-state index contributed by atoms with van der Waals surface area (Å²) in [5, 5.41) is 3.54. The van der Waals surface area contributed by atoms with E-state index in [2.05, 4.69) is 16.3 Å². The number of amides is 1. The molecule has 7 heteroatoms. The van der Waals surface area contributed by atoms with Crippen molar-refractivity contribution >= 4 is 35.0 Å². The zero-order chi connectivity index (χ0) is 20.9. The number of ether oxygens (including phenoxy) is 1. The highest BCUT2D eigenvalue weighted by molar-refractivity contribution is 7.99.